The van der Waals surface area contributed by atoms with Crippen LogP contribution < -0.4 is 10.1 Å². The Labute approximate surface area is 148 Å². The van der Waals surface area contributed by atoms with Gasteiger partial charge in [-0.3, -0.25) is 4.79 Å². The number of nitrogens with zero attached hydrogens (tertiary/aromatic N) is 1. The van der Waals surface area contributed by atoms with Crippen molar-refractivity contribution in [3.8, 4) is 5.75 Å². The summed E-state index contributed by atoms with van der Waals surface area (Å²) in [6.07, 6.45) is 3.62. The van der Waals surface area contributed by atoms with E-state index in [1.807, 2.05) is 26.8 Å². The van der Waals surface area contributed by atoms with Crippen LogP contribution in [0.3, 0.4) is 0 Å². The summed E-state index contributed by atoms with van der Waals surface area (Å²) in [5.74, 6) is 2.34. The minimum absolute atomic E-state index is 0.0255. The fourth-order valence-electron chi connectivity index (χ4n) is 3.34. The quantitative estimate of drug-likeness (QED) is 0.893. The Bertz CT molecular complexity index is 759. The van der Waals surface area contributed by atoms with Crippen LogP contribution in [0.25, 0.3) is 0 Å². The average Bonchev–Trinajstić information content (AvgIpc) is 3.03. The highest BCUT2D eigenvalue weighted by molar-refractivity contribution is 5.90. The van der Waals surface area contributed by atoms with Crippen molar-refractivity contribution >= 4 is 11.7 Å². The highest BCUT2D eigenvalue weighted by Crippen LogP contribution is 2.36. The number of hydrogen-bond donors (Lipinski definition) is 1. The molecule has 0 bridgehead atoms. The van der Waals surface area contributed by atoms with Crippen molar-refractivity contribution in [1.82, 2.24) is 5.16 Å². The second-order valence-corrected chi connectivity index (χ2v) is 7.73. The molecule has 1 unspecified atom stereocenters. The van der Waals surface area contributed by atoms with E-state index in [-0.39, 0.29) is 17.2 Å². The number of benzene rings is 1. The molecule has 0 radical (unpaired) electrons. The minimum atomic E-state index is -0.128. The van der Waals surface area contributed by atoms with Crippen LogP contribution >= 0.6 is 0 Å². The van der Waals surface area contributed by atoms with Crippen molar-refractivity contribution in [2.24, 2.45) is 0 Å². The summed E-state index contributed by atoms with van der Waals surface area (Å²) < 4.78 is 10.6. The van der Waals surface area contributed by atoms with E-state index in [9.17, 15) is 4.79 Å². The van der Waals surface area contributed by atoms with Gasteiger partial charge in [-0.1, -0.05) is 32.0 Å². The molecular weight excluding hydrogens is 316 g/mol. The van der Waals surface area contributed by atoms with Crippen molar-refractivity contribution in [1.29, 1.82) is 0 Å². The molecule has 5 heteroatoms. The molecule has 0 aliphatic heterocycles. The first-order chi connectivity index (χ1) is 11.9. The average molecular weight is 342 g/mol. The summed E-state index contributed by atoms with van der Waals surface area (Å²) in [6, 6.07) is 7.96. The third-order valence-electron chi connectivity index (χ3n) is 4.74. The Kier molecular flexibility index (Phi) is 4.84. The third kappa shape index (κ3) is 4.03. The maximum absolute atomic E-state index is 12.5. The summed E-state index contributed by atoms with van der Waals surface area (Å²) in [7, 11) is 1.68. The first-order valence-corrected chi connectivity index (χ1v) is 8.80. The van der Waals surface area contributed by atoms with Gasteiger partial charge in [-0.2, -0.15) is 0 Å². The van der Waals surface area contributed by atoms with Crippen LogP contribution in [0.15, 0.2) is 28.8 Å². The van der Waals surface area contributed by atoms with Crippen molar-refractivity contribution in [2.45, 2.75) is 57.8 Å². The maximum Gasteiger partial charge on any atom is 0.226 e. The normalized spacial score (nSPS) is 17.0. The number of amides is 1. The predicted octanol–water partition coefficient (Wildman–Crippen LogP) is 4.43. The summed E-state index contributed by atoms with van der Waals surface area (Å²) in [5, 5.41) is 6.83. The Morgan fingerprint density at radius 3 is 2.84 bits per heavy atom. The molecule has 0 saturated carbocycles. The van der Waals surface area contributed by atoms with Gasteiger partial charge < -0.3 is 14.6 Å². The molecule has 3 rings (SSSR count). The van der Waals surface area contributed by atoms with Crippen LogP contribution in [0.5, 0.6) is 5.75 Å². The van der Waals surface area contributed by atoms with Gasteiger partial charge in [-0.25, -0.2) is 0 Å². The smallest absolute Gasteiger partial charge is 0.226 e. The highest BCUT2D eigenvalue weighted by Gasteiger charge is 2.24. The van der Waals surface area contributed by atoms with E-state index in [4.69, 9.17) is 9.26 Å². The summed E-state index contributed by atoms with van der Waals surface area (Å²) >= 11 is 0. The lowest BCUT2D eigenvalue weighted by atomic mass is 9.81. The molecule has 2 aromatic rings. The molecule has 0 fully saturated rings. The molecule has 5 nitrogen and oxygen atoms in total. The second kappa shape index (κ2) is 6.90. The van der Waals surface area contributed by atoms with Gasteiger partial charge in [0.05, 0.1) is 7.11 Å². The van der Waals surface area contributed by atoms with E-state index in [0.717, 1.165) is 30.8 Å². The van der Waals surface area contributed by atoms with Crippen molar-refractivity contribution in [2.75, 3.05) is 12.4 Å². The Morgan fingerprint density at radius 1 is 1.36 bits per heavy atom. The lowest BCUT2D eigenvalue weighted by Gasteiger charge is -2.25. The number of rotatable bonds is 4. The number of ether oxygens (including phenoxy) is 1. The zero-order valence-corrected chi connectivity index (χ0v) is 15.4. The zero-order chi connectivity index (χ0) is 18.0. The molecule has 1 N–H and O–H groups in total. The number of carbonyl (C=O) groups excluding carboxylic acids is 1. The van der Waals surface area contributed by atoms with Crippen LogP contribution in [-0.4, -0.2) is 18.2 Å². The number of methoxy groups -OCH3 is 1. The number of anilines is 1. The van der Waals surface area contributed by atoms with Crippen LogP contribution in [0.1, 0.15) is 62.8 Å². The lowest BCUT2D eigenvalue weighted by molar-refractivity contribution is -0.116. The fourth-order valence-corrected chi connectivity index (χ4v) is 3.34. The Hall–Kier alpha value is -2.30. The maximum atomic E-state index is 12.5. The van der Waals surface area contributed by atoms with Gasteiger partial charge in [-0.15, -0.1) is 0 Å². The fraction of sp³-hybridized carbons (Fsp3) is 0.500. The van der Waals surface area contributed by atoms with E-state index in [1.54, 1.807) is 13.2 Å². The number of hydrogen-bond acceptors (Lipinski definition) is 4. The molecule has 1 aromatic carbocycles. The van der Waals surface area contributed by atoms with E-state index in [0.29, 0.717) is 12.2 Å². The van der Waals surface area contributed by atoms with Gasteiger partial charge in [0.15, 0.2) is 5.82 Å². The number of carbonyl (C=O) groups is 1. The SMILES string of the molecule is COc1ccc2c(c1)CCCC2CC(=O)Nc1cc(C(C)(C)C)on1. The number of fused-ring (bicyclic) bond motifs is 1. The standard InChI is InChI=1S/C20H26N2O3/c1-20(2,3)17-12-18(22-25-17)21-19(23)11-14-7-5-6-13-10-15(24-4)8-9-16(13)14/h8-10,12,14H,5-7,11H2,1-4H3,(H,21,22,23). The highest BCUT2D eigenvalue weighted by atomic mass is 16.5. The largest absolute Gasteiger partial charge is 0.497 e. The molecule has 1 amide bonds. The molecular formula is C20H26N2O3. The van der Waals surface area contributed by atoms with Gasteiger partial charge in [-0.05, 0) is 48.4 Å². The van der Waals surface area contributed by atoms with E-state index < -0.39 is 0 Å². The third-order valence-corrected chi connectivity index (χ3v) is 4.74. The molecule has 0 saturated heterocycles. The van der Waals surface area contributed by atoms with E-state index in [2.05, 4.69) is 22.6 Å². The monoisotopic (exact) mass is 342 g/mol. The number of aryl methyl sites for hydroxylation is 1. The van der Waals surface area contributed by atoms with Crippen LogP contribution in [0.2, 0.25) is 0 Å². The zero-order valence-electron chi connectivity index (χ0n) is 15.4. The summed E-state index contributed by atoms with van der Waals surface area (Å²) in [4.78, 5) is 12.5. The predicted molar refractivity (Wildman–Crippen MR) is 97.1 cm³/mol. The van der Waals surface area contributed by atoms with Gasteiger partial charge in [0, 0.05) is 17.9 Å². The van der Waals surface area contributed by atoms with E-state index in [1.165, 1.54) is 11.1 Å². The summed E-state index contributed by atoms with van der Waals surface area (Å²) in [5.41, 5.74) is 2.43. The molecule has 134 valence electrons. The molecule has 1 heterocycles. The minimum Gasteiger partial charge on any atom is -0.497 e. The van der Waals surface area contributed by atoms with E-state index >= 15 is 0 Å². The topological polar surface area (TPSA) is 64.4 Å². The van der Waals surface area contributed by atoms with Crippen molar-refractivity contribution in [3.63, 3.8) is 0 Å². The van der Waals surface area contributed by atoms with Gasteiger partial charge in [0.25, 0.3) is 0 Å². The Balaban J connectivity index is 1.67. The first kappa shape index (κ1) is 17.5. The summed E-state index contributed by atoms with van der Waals surface area (Å²) in [6.45, 7) is 6.14. The molecule has 1 aliphatic carbocycles. The van der Waals surface area contributed by atoms with Crippen molar-refractivity contribution in [3.05, 3.63) is 41.2 Å². The van der Waals surface area contributed by atoms with Gasteiger partial charge >= 0.3 is 0 Å². The number of nitrogens with one attached hydrogen (secondary N) is 1. The van der Waals surface area contributed by atoms with Crippen LogP contribution in [0, 0.1) is 0 Å². The second-order valence-electron chi connectivity index (χ2n) is 7.73. The van der Waals surface area contributed by atoms with Crippen LogP contribution in [0.4, 0.5) is 5.82 Å². The Morgan fingerprint density at radius 2 is 2.16 bits per heavy atom. The molecule has 25 heavy (non-hydrogen) atoms. The molecule has 1 atom stereocenters. The number of aromatic nitrogens is 1. The molecule has 1 aromatic heterocycles. The molecule has 1 aliphatic rings. The van der Waals surface area contributed by atoms with Crippen LogP contribution in [-0.2, 0) is 16.6 Å². The van der Waals surface area contributed by atoms with Crippen molar-refractivity contribution < 1.29 is 14.1 Å². The molecule has 0 spiro atoms. The first-order valence-electron chi connectivity index (χ1n) is 8.80. The van der Waals surface area contributed by atoms with Gasteiger partial charge in [0.1, 0.15) is 11.5 Å². The van der Waals surface area contributed by atoms with Gasteiger partial charge in [0.2, 0.25) is 5.91 Å². The lowest BCUT2D eigenvalue weighted by Crippen LogP contribution is -2.19.